The summed E-state index contributed by atoms with van der Waals surface area (Å²) in [7, 11) is 0. The quantitative estimate of drug-likeness (QED) is 0.324. The molecule has 0 aliphatic carbocycles. The lowest BCUT2D eigenvalue weighted by molar-refractivity contribution is -0.119. The molecule has 0 saturated carbocycles. The first-order valence-corrected chi connectivity index (χ1v) is 11.7. The molecule has 8 heteroatoms. The number of benzene rings is 2. The molecule has 0 saturated heterocycles. The second-order valence-corrected chi connectivity index (χ2v) is 9.18. The van der Waals surface area contributed by atoms with Crippen molar-refractivity contribution in [1.29, 1.82) is 0 Å². The largest absolute Gasteiger partial charge is 0.344 e. The van der Waals surface area contributed by atoms with E-state index in [-0.39, 0.29) is 17.7 Å². The number of nitrogens with zero attached hydrogens (tertiary/aromatic N) is 3. The summed E-state index contributed by atoms with van der Waals surface area (Å²) < 4.78 is 1.43. The standard InChI is InChI=1S/C23H23N5OS2/c1-15-5-9-17(10-6-15)21(19-4-3-13-30-19)25-20(29)14-31-23-27-26-22(28(23)24)18-11-7-16(2)8-12-18/h3-13,21H,14,24H2,1-2H3,(H,25,29). The molecule has 0 radical (unpaired) electrons. The van der Waals surface area contributed by atoms with Gasteiger partial charge in [0.15, 0.2) is 5.82 Å². The Labute approximate surface area is 189 Å². The van der Waals surface area contributed by atoms with Crippen LogP contribution in [0.15, 0.2) is 71.2 Å². The molecule has 6 nitrogen and oxygen atoms in total. The first-order valence-electron chi connectivity index (χ1n) is 9.81. The van der Waals surface area contributed by atoms with Crippen molar-refractivity contribution in [2.75, 3.05) is 11.6 Å². The molecular weight excluding hydrogens is 426 g/mol. The van der Waals surface area contributed by atoms with Gasteiger partial charge in [-0.15, -0.1) is 21.5 Å². The van der Waals surface area contributed by atoms with Gasteiger partial charge in [-0.1, -0.05) is 77.5 Å². The number of rotatable bonds is 7. The minimum Gasteiger partial charge on any atom is -0.344 e. The molecule has 0 fully saturated rings. The maximum atomic E-state index is 12.8. The lowest BCUT2D eigenvalue weighted by atomic mass is 10.0. The van der Waals surface area contributed by atoms with Crippen molar-refractivity contribution in [3.63, 3.8) is 0 Å². The zero-order valence-corrected chi connectivity index (χ0v) is 18.9. The Morgan fingerprint density at radius 3 is 2.39 bits per heavy atom. The number of nitrogens with one attached hydrogen (secondary N) is 1. The summed E-state index contributed by atoms with van der Waals surface area (Å²) in [5.41, 5.74) is 4.28. The molecule has 31 heavy (non-hydrogen) atoms. The molecule has 1 amide bonds. The highest BCUT2D eigenvalue weighted by Crippen LogP contribution is 2.27. The predicted molar refractivity (Wildman–Crippen MR) is 127 cm³/mol. The maximum absolute atomic E-state index is 12.8. The number of nitrogens with two attached hydrogens (primary N) is 1. The van der Waals surface area contributed by atoms with Crippen molar-refractivity contribution in [3.05, 3.63) is 87.6 Å². The van der Waals surface area contributed by atoms with Crippen LogP contribution >= 0.6 is 23.1 Å². The van der Waals surface area contributed by atoms with Gasteiger partial charge in [0.05, 0.1) is 11.8 Å². The Hall–Kier alpha value is -3.10. The summed E-state index contributed by atoms with van der Waals surface area (Å²) in [6.07, 6.45) is 0. The van der Waals surface area contributed by atoms with Crippen LogP contribution < -0.4 is 11.2 Å². The van der Waals surface area contributed by atoms with Crippen molar-refractivity contribution in [2.24, 2.45) is 0 Å². The third-order valence-corrected chi connectivity index (χ3v) is 6.73. The van der Waals surface area contributed by atoms with Gasteiger partial charge in [-0.2, -0.15) is 0 Å². The number of amides is 1. The van der Waals surface area contributed by atoms with Crippen LogP contribution in [0.3, 0.4) is 0 Å². The van der Waals surface area contributed by atoms with Gasteiger partial charge in [-0.05, 0) is 30.9 Å². The van der Waals surface area contributed by atoms with E-state index < -0.39 is 0 Å². The van der Waals surface area contributed by atoms with Crippen molar-refractivity contribution in [2.45, 2.75) is 25.0 Å². The van der Waals surface area contributed by atoms with Gasteiger partial charge in [0.25, 0.3) is 0 Å². The molecular formula is C23H23N5OS2. The molecule has 158 valence electrons. The second kappa shape index (κ2) is 9.36. The SMILES string of the molecule is Cc1ccc(-c2nnc(SCC(=O)NC(c3ccc(C)cc3)c3cccs3)n2N)cc1. The maximum Gasteiger partial charge on any atom is 0.231 e. The first-order chi connectivity index (χ1) is 15.0. The van der Waals surface area contributed by atoms with Crippen molar-refractivity contribution >= 4 is 29.0 Å². The summed E-state index contributed by atoms with van der Waals surface area (Å²) in [5.74, 6) is 6.85. The van der Waals surface area contributed by atoms with E-state index in [2.05, 4.69) is 39.8 Å². The van der Waals surface area contributed by atoms with E-state index in [0.29, 0.717) is 11.0 Å². The topological polar surface area (TPSA) is 85.8 Å². The lowest BCUT2D eigenvalue weighted by Gasteiger charge is -2.18. The Kier molecular flexibility index (Phi) is 6.39. The minimum atomic E-state index is -0.187. The summed E-state index contributed by atoms with van der Waals surface area (Å²) in [4.78, 5) is 13.9. The Bertz CT molecular complexity index is 1150. The van der Waals surface area contributed by atoms with Crippen LogP contribution in [0.2, 0.25) is 0 Å². The highest BCUT2D eigenvalue weighted by Gasteiger charge is 2.19. The van der Waals surface area contributed by atoms with Gasteiger partial charge in [0.1, 0.15) is 0 Å². The minimum absolute atomic E-state index is 0.0936. The molecule has 2 heterocycles. The average Bonchev–Trinajstić information content (AvgIpc) is 3.42. The molecule has 4 rings (SSSR count). The van der Waals surface area contributed by atoms with E-state index in [1.54, 1.807) is 11.3 Å². The monoisotopic (exact) mass is 449 g/mol. The number of carbonyl (C=O) groups excluding carboxylic acids is 1. The van der Waals surface area contributed by atoms with Crippen LogP contribution in [0.4, 0.5) is 0 Å². The molecule has 1 unspecified atom stereocenters. The number of hydrogen-bond acceptors (Lipinski definition) is 6. The number of aryl methyl sites for hydroxylation is 2. The number of hydrogen-bond donors (Lipinski definition) is 2. The molecule has 2 aromatic carbocycles. The lowest BCUT2D eigenvalue weighted by Crippen LogP contribution is -2.30. The Morgan fingerprint density at radius 2 is 1.74 bits per heavy atom. The van der Waals surface area contributed by atoms with Crippen LogP contribution in [0, 0.1) is 13.8 Å². The van der Waals surface area contributed by atoms with Crippen LogP contribution in [0.25, 0.3) is 11.4 Å². The highest BCUT2D eigenvalue weighted by atomic mass is 32.2. The number of carbonyl (C=O) groups is 1. The first kappa shape index (κ1) is 21.1. The summed E-state index contributed by atoms with van der Waals surface area (Å²) in [6, 6.07) is 20.0. The molecule has 3 N–H and O–H groups in total. The van der Waals surface area contributed by atoms with Gasteiger partial charge in [-0.25, -0.2) is 4.68 Å². The number of thiophene rings is 1. The van der Waals surface area contributed by atoms with Crippen LogP contribution in [0.1, 0.15) is 27.6 Å². The zero-order valence-electron chi connectivity index (χ0n) is 17.3. The van der Waals surface area contributed by atoms with Gasteiger partial charge in [0, 0.05) is 10.4 Å². The molecule has 4 aromatic rings. The molecule has 2 aromatic heterocycles. The Balaban J connectivity index is 1.44. The summed E-state index contributed by atoms with van der Waals surface area (Å²) in [6.45, 7) is 4.07. The third kappa shape index (κ3) is 4.98. The van der Waals surface area contributed by atoms with E-state index in [0.717, 1.165) is 21.6 Å². The molecule has 0 spiro atoms. The van der Waals surface area contributed by atoms with Crippen LogP contribution in [-0.2, 0) is 4.79 Å². The molecule has 0 aliphatic rings. The fourth-order valence-corrected chi connectivity index (χ4v) is 4.61. The predicted octanol–water partition coefficient (Wildman–Crippen LogP) is 4.34. The van der Waals surface area contributed by atoms with E-state index in [4.69, 9.17) is 5.84 Å². The van der Waals surface area contributed by atoms with E-state index in [1.807, 2.05) is 55.6 Å². The summed E-state index contributed by atoms with van der Waals surface area (Å²) in [5, 5.41) is 14.0. The van der Waals surface area contributed by atoms with Gasteiger partial charge in [-0.3, -0.25) is 4.79 Å². The second-order valence-electron chi connectivity index (χ2n) is 7.26. The van der Waals surface area contributed by atoms with Crippen LogP contribution in [-0.4, -0.2) is 26.5 Å². The summed E-state index contributed by atoms with van der Waals surface area (Å²) >= 11 is 2.89. The molecule has 0 aliphatic heterocycles. The van der Waals surface area contributed by atoms with E-state index >= 15 is 0 Å². The van der Waals surface area contributed by atoms with E-state index in [1.165, 1.54) is 22.0 Å². The molecule has 0 bridgehead atoms. The Morgan fingerprint density at radius 1 is 1.06 bits per heavy atom. The van der Waals surface area contributed by atoms with E-state index in [9.17, 15) is 4.79 Å². The smallest absolute Gasteiger partial charge is 0.231 e. The number of thioether (sulfide) groups is 1. The zero-order chi connectivity index (χ0) is 21.8. The van der Waals surface area contributed by atoms with Crippen molar-refractivity contribution < 1.29 is 4.79 Å². The number of nitrogen functional groups attached to an aromatic ring is 1. The molecule has 1 atom stereocenters. The van der Waals surface area contributed by atoms with Crippen molar-refractivity contribution in [3.8, 4) is 11.4 Å². The fraction of sp³-hybridized carbons (Fsp3) is 0.174. The van der Waals surface area contributed by atoms with Gasteiger partial charge in [0.2, 0.25) is 11.1 Å². The fourth-order valence-electron chi connectivity index (χ4n) is 3.14. The average molecular weight is 450 g/mol. The van der Waals surface area contributed by atoms with Gasteiger partial charge < -0.3 is 11.2 Å². The number of aromatic nitrogens is 3. The third-order valence-electron chi connectivity index (χ3n) is 4.85. The highest BCUT2D eigenvalue weighted by molar-refractivity contribution is 7.99. The van der Waals surface area contributed by atoms with Crippen molar-refractivity contribution in [1.82, 2.24) is 20.2 Å². The van der Waals surface area contributed by atoms with Crippen LogP contribution in [0.5, 0.6) is 0 Å². The van der Waals surface area contributed by atoms with Gasteiger partial charge >= 0.3 is 0 Å². The normalized spacial score (nSPS) is 11.9.